The van der Waals surface area contributed by atoms with Crippen LogP contribution in [0.1, 0.15) is 11.3 Å². The maximum Gasteiger partial charge on any atom is 0.402 e. The van der Waals surface area contributed by atoms with Gasteiger partial charge in [-0.25, -0.2) is 9.55 Å². The number of imidazole rings is 1. The quantitative estimate of drug-likeness (QED) is 0.387. The Hall–Kier alpha value is -2.95. The van der Waals surface area contributed by atoms with Crippen molar-refractivity contribution in [2.45, 2.75) is 12.7 Å². The fraction of sp³-hybridized carbons (Fsp3) is 0.150. The van der Waals surface area contributed by atoms with Crippen LogP contribution in [0.5, 0.6) is 5.75 Å². The minimum absolute atomic E-state index is 0. The lowest BCUT2D eigenvalue weighted by Crippen LogP contribution is -3.00. The third kappa shape index (κ3) is 3.57. The number of thiocyanates is 1. The first-order valence-corrected chi connectivity index (χ1v) is 9.42. The predicted octanol–water partition coefficient (Wildman–Crippen LogP) is 0.666. The number of ether oxygens (including phenoxy) is 1. The van der Waals surface area contributed by atoms with Crippen molar-refractivity contribution in [1.29, 1.82) is 5.26 Å². The minimum Gasteiger partial charge on any atom is -1.00 e. The molecule has 0 unspecified atom stereocenters. The van der Waals surface area contributed by atoms with Gasteiger partial charge in [0, 0.05) is 35.8 Å². The summed E-state index contributed by atoms with van der Waals surface area (Å²) in [4.78, 5) is 8.14. The van der Waals surface area contributed by atoms with E-state index in [0.717, 1.165) is 33.7 Å². The molecule has 1 N–H and O–H groups in total. The van der Waals surface area contributed by atoms with Crippen LogP contribution in [-0.2, 0) is 5.75 Å². The third-order valence-electron chi connectivity index (χ3n) is 4.55. The Kier molecular flexibility index (Phi) is 5.93. The number of hydrogen-bond acceptors (Lipinski definition) is 4. The number of aromatic nitrogens is 4. The number of rotatable bonds is 5. The average Bonchev–Trinajstić information content (AvgIpc) is 3.35. The second kappa shape index (κ2) is 8.38. The number of fused-ring (bicyclic) bond motifs is 1. The second-order valence-corrected chi connectivity index (χ2v) is 6.82. The van der Waals surface area contributed by atoms with Crippen LogP contribution in [0, 0.1) is 17.6 Å². The van der Waals surface area contributed by atoms with Gasteiger partial charge in [0.05, 0.1) is 19.1 Å². The van der Waals surface area contributed by atoms with E-state index in [-0.39, 0.29) is 12.4 Å². The molecule has 142 valence electrons. The lowest BCUT2D eigenvalue weighted by atomic mass is 10.2. The fourth-order valence-corrected chi connectivity index (χ4v) is 3.70. The number of nitrogens with one attached hydrogen (secondary N) is 1. The molecule has 0 saturated carbocycles. The topological polar surface area (TPSA) is 70.5 Å². The molecule has 0 aliphatic rings. The van der Waals surface area contributed by atoms with E-state index < -0.39 is 0 Å². The highest BCUT2D eigenvalue weighted by molar-refractivity contribution is 8.02. The van der Waals surface area contributed by atoms with Gasteiger partial charge in [-0.05, 0) is 43.0 Å². The van der Waals surface area contributed by atoms with Gasteiger partial charge in [0.25, 0.3) is 0 Å². The Morgan fingerprint density at radius 2 is 2.07 bits per heavy atom. The summed E-state index contributed by atoms with van der Waals surface area (Å²) in [5.74, 6) is 2.06. The number of nitriles is 1. The van der Waals surface area contributed by atoms with Crippen LogP contribution < -0.4 is 21.7 Å². The van der Waals surface area contributed by atoms with E-state index in [1.165, 1.54) is 11.8 Å². The number of thioether (sulfide) groups is 1. The van der Waals surface area contributed by atoms with E-state index in [2.05, 4.69) is 21.0 Å². The molecular formula is C20H18ClN5OS. The maximum absolute atomic E-state index is 8.99. The Morgan fingerprint density at radius 1 is 1.29 bits per heavy atom. The van der Waals surface area contributed by atoms with Gasteiger partial charge in [0.15, 0.2) is 5.52 Å². The third-order valence-corrected chi connectivity index (χ3v) is 5.09. The largest absolute Gasteiger partial charge is 1.00 e. The van der Waals surface area contributed by atoms with Crippen LogP contribution in [0.25, 0.3) is 22.7 Å². The Balaban J connectivity index is 0.00000225. The van der Waals surface area contributed by atoms with Crippen molar-refractivity contribution in [3.05, 3.63) is 66.2 Å². The number of benzene rings is 1. The van der Waals surface area contributed by atoms with Crippen molar-refractivity contribution in [2.24, 2.45) is 0 Å². The molecule has 6 nitrogen and oxygen atoms in total. The number of H-pyrrole nitrogens is 1. The van der Waals surface area contributed by atoms with Gasteiger partial charge in [0.1, 0.15) is 22.4 Å². The number of pyridine rings is 1. The van der Waals surface area contributed by atoms with E-state index in [9.17, 15) is 0 Å². The zero-order valence-electron chi connectivity index (χ0n) is 15.4. The van der Waals surface area contributed by atoms with Gasteiger partial charge in [-0.1, -0.05) is 4.98 Å². The molecule has 0 aliphatic carbocycles. The summed E-state index contributed by atoms with van der Waals surface area (Å²) in [6.07, 6.45) is 5.94. The summed E-state index contributed by atoms with van der Waals surface area (Å²) < 4.78 is 9.47. The molecule has 0 bridgehead atoms. The zero-order valence-corrected chi connectivity index (χ0v) is 17.0. The van der Waals surface area contributed by atoms with Crippen molar-refractivity contribution in [1.82, 2.24) is 14.5 Å². The van der Waals surface area contributed by atoms with E-state index >= 15 is 0 Å². The van der Waals surface area contributed by atoms with E-state index in [1.54, 1.807) is 7.11 Å². The van der Waals surface area contributed by atoms with Gasteiger partial charge in [-0.2, -0.15) is 5.26 Å². The molecule has 0 saturated heterocycles. The second-order valence-electron chi connectivity index (χ2n) is 6.06. The highest BCUT2D eigenvalue weighted by Crippen LogP contribution is 2.23. The number of halogens is 1. The van der Waals surface area contributed by atoms with Crippen molar-refractivity contribution in [3.63, 3.8) is 0 Å². The summed E-state index contributed by atoms with van der Waals surface area (Å²) in [6, 6.07) is 12.0. The van der Waals surface area contributed by atoms with Crippen molar-refractivity contribution >= 4 is 22.8 Å². The normalized spacial score (nSPS) is 10.5. The zero-order chi connectivity index (χ0) is 18.8. The first-order valence-electron chi connectivity index (χ1n) is 8.44. The maximum atomic E-state index is 8.99. The fourth-order valence-electron chi connectivity index (χ4n) is 3.14. The lowest BCUT2D eigenvalue weighted by molar-refractivity contribution is -0.610. The van der Waals surface area contributed by atoms with E-state index in [4.69, 9.17) is 15.0 Å². The monoisotopic (exact) mass is 411 g/mol. The summed E-state index contributed by atoms with van der Waals surface area (Å²) in [7, 11) is 1.65. The molecule has 0 amide bonds. The molecule has 0 fully saturated rings. The molecule has 3 aromatic heterocycles. The first-order chi connectivity index (χ1) is 13.2. The van der Waals surface area contributed by atoms with Crippen LogP contribution in [0.3, 0.4) is 0 Å². The summed E-state index contributed by atoms with van der Waals surface area (Å²) in [5.41, 5.74) is 4.89. The average molecular weight is 412 g/mol. The van der Waals surface area contributed by atoms with Gasteiger partial charge >= 0.3 is 5.95 Å². The molecule has 0 spiro atoms. The molecule has 0 radical (unpaired) electrons. The van der Waals surface area contributed by atoms with Crippen LogP contribution in [0.4, 0.5) is 0 Å². The van der Waals surface area contributed by atoms with E-state index in [1.807, 2.05) is 60.4 Å². The van der Waals surface area contributed by atoms with Crippen molar-refractivity contribution in [2.75, 3.05) is 7.11 Å². The standard InChI is InChI=1S/C20H18N5OS.ClH/c1-14-18(12-27-13-21)25(10-7-19(14)26-2)20-22-16-6-5-15(11-17(16)23-20)24-8-3-4-9-24;/h3-11H,12H2,1-2H3,(H,22,23);1H/q+1;/p-1. The van der Waals surface area contributed by atoms with Gasteiger partial charge in [-0.3, -0.25) is 0 Å². The number of methoxy groups -OCH3 is 1. The van der Waals surface area contributed by atoms with Crippen LogP contribution >= 0.6 is 11.8 Å². The molecular weight excluding hydrogens is 394 g/mol. The molecule has 1 aromatic carbocycles. The van der Waals surface area contributed by atoms with Gasteiger partial charge in [0.2, 0.25) is 0 Å². The smallest absolute Gasteiger partial charge is 0.402 e. The Labute approximate surface area is 173 Å². The Bertz CT molecular complexity index is 1150. The lowest BCUT2D eigenvalue weighted by Gasteiger charge is -2.11. The van der Waals surface area contributed by atoms with Crippen LogP contribution in [-0.4, -0.2) is 21.6 Å². The summed E-state index contributed by atoms with van der Waals surface area (Å²) >= 11 is 1.20. The highest BCUT2D eigenvalue weighted by atomic mass is 35.5. The molecule has 4 aromatic rings. The van der Waals surface area contributed by atoms with Gasteiger partial charge in [-0.15, -0.1) is 0 Å². The number of hydrogen-bond donors (Lipinski definition) is 1. The first kappa shape index (κ1) is 19.8. The Morgan fingerprint density at radius 3 is 2.79 bits per heavy atom. The molecule has 0 aliphatic heterocycles. The van der Waals surface area contributed by atoms with Crippen LogP contribution in [0.2, 0.25) is 0 Å². The highest BCUT2D eigenvalue weighted by Gasteiger charge is 2.21. The van der Waals surface area contributed by atoms with Crippen molar-refractivity contribution in [3.8, 4) is 22.8 Å². The van der Waals surface area contributed by atoms with Gasteiger partial charge < -0.3 is 21.7 Å². The molecule has 4 rings (SSSR count). The molecule has 0 atom stereocenters. The molecule has 3 heterocycles. The van der Waals surface area contributed by atoms with Crippen LogP contribution in [0.15, 0.2) is 55.0 Å². The number of aromatic amines is 1. The van der Waals surface area contributed by atoms with E-state index in [0.29, 0.717) is 11.7 Å². The molecule has 28 heavy (non-hydrogen) atoms. The summed E-state index contributed by atoms with van der Waals surface area (Å²) in [6.45, 7) is 2.00. The summed E-state index contributed by atoms with van der Waals surface area (Å²) in [5, 5.41) is 11.1. The van der Waals surface area contributed by atoms with Crippen molar-refractivity contribution < 1.29 is 21.7 Å². The molecule has 8 heteroatoms. The minimum atomic E-state index is 0. The predicted molar refractivity (Wildman–Crippen MR) is 105 cm³/mol. The SMILES string of the molecule is COc1cc[n+](-c2nc3ccc(-n4cccc4)cc3[nH]2)c(CSC#N)c1C.[Cl-]. The number of nitrogens with zero attached hydrogens (tertiary/aromatic N) is 4.